The van der Waals surface area contributed by atoms with Gasteiger partial charge in [0.05, 0.1) is 20.1 Å². The molecule has 1 aliphatic rings. The molecule has 0 spiro atoms. The number of amides is 3. The first-order valence-corrected chi connectivity index (χ1v) is 12.4. The van der Waals surface area contributed by atoms with E-state index in [1.54, 1.807) is 7.11 Å². The SMILES string of the molecule is CCOc1ccc(CNC(=O)Cc2ccc(NC(=O)N3CCCCc4ccccc43)cc2)cc1OC. The Morgan fingerprint density at radius 2 is 1.72 bits per heavy atom. The van der Waals surface area contributed by atoms with Crippen molar-refractivity contribution in [1.29, 1.82) is 0 Å². The highest BCUT2D eigenvalue weighted by atomic mass is 16.5. The minimum absolute atomic E-state index is 0.0826. The minimum Gasteiger partial charge on any atom is -0.493 e. The summed E-state index contributed by atoms with van der Waals surface area (Å²) in [6.07, 6.45) is 3.29. The molecule has 0 atom stereocenters. The fraction of sp³-hybridized carbons (Fsp3) is 0.310. The number of aryl methyl sites for hydroxylation is 1. The molecule has 3 aromatic carbocycles. The molecule has 3 amide bonds. The van der Waals surface area contributed by atoms with Gasteiger partial charge in [-0.1, -0.05) is 36.4 Å². The Bertz CT molecular complexity index is 1190. The maximum atomic E-state index is 13.0. The van der Waals surface area contributed by atoms with Crippen molar-refractivity contribution in [2.75, 3.05) is 30.5 Å². The van der Waals surface area contributed by atoms with Gasteiger partial charge in [-0.3, -0.25) is 9.69 Å². The summed E-state index contributed by atoms with van der Waals surface area (Å²) in [6.45, 7) is 3.57. The lowest BCUT2D eigenvalue weighted by Gasteiger charge is -2.23. The van der Waals surface area contributed by atoms with Crippen LogP contribution < -0.4 is 25.0 Å². The zero-order valence-corrected chi connectivity index (χ0v) is 20.9. The number of carbonyl (C=O) groups is 2. The van der Waals surface area contributed by atoms with Crippen LogP contribution in [0.5, 0.6) is 11.5 Å². The van der Waals surface area contributed by atoms with Crippen LogP contribution in [0, 0.1) is 0 Å². The highest BCUT2D eigenvalue weighted by Crippen LogP contribution is 2.28. The van der Waals surface area contributed by atoms with Crippen LogP contribution in [-0.4, -0.2) is 32.2 Å². The summed E-state index contributed by atoms with van der Waals surface area (Å²) in [5.41, 5.74) is 4.68. The Morgan fingerprint density at radius 1 is 0.944 bits per heavy atom. The molecule has 7 heteroatoms. The number of anilines is 2. The van der Waals surface area contributed by atoms with Gasteiger partial charge in [0.2, 0.25) is 5.91 Å². The number of nitrogens with one attached hydrogen (secondary N) is 2. The molecule has 2 N–H and O–H groups in total. The number of rotatable bonds is 8. The molecule has 3 aromatic rings. The van der Waals surface area contributed by atoms with Crippen molar-refractivity contribution in [3.8, 4) is 11.5 Å². The molecule has 7 nitrogen and oxygen atoms in total. The maximum Gasteiger partial charge on any atom is 0.326 e. The van der Waals surface area contributed by atoms with Crippen LogP contribution in [0.2, 0.25) is 0 Å². The average Bonchev–Trinajstić information content (AvgIpc) is 3.12. The topological polar surface area (TPSA) is 79.9 Å². The summed E-state index contributed by atoms with van der Waals surface area (Å²) in [4.78, 5) is 27.3. The lowest BCUT2D eigenvalue weighted by atomic mass is 10.1. The highest BCUT2D eigenvalue weighted by Gasteiger charge is 2.21. The fourth-order valence-corrected chi connectivity index (χ4v) is 4.34. The monoisotopic (exact) mass is 487 g/mol. The Morgan fingerprint density at radius 3 is 2.50 bits per heavy atom. The van der Waals surface area contributed by atoms with Crippen molar-refractivity contribution in [3.63, 3.8) is 0 Å². The molecule has 1 aliphatic heterocycles. The second kappa shape index (κ2) is 12.1. The number of hydrogen-bond donors (Lipinski definition) is 2. The van der Waals surface area contributed by atoms with E-state index in [0.717, 1.165) is 36.1 Å². The third-order valence-electron chi connectivity index (χ3n) is 6.19. The molecule has 1 heterocycles. The fourth-order valence-electron chi connectivity index (χ4n) is 4.34. The number of fused-ring (bicyclic) bond motifs is 1. The van der Waals surface area contributed by atoms with Gasteiger partial charge in [0.25, 0.3) is 0 Å². The number of nitrogens with zero attached hydrogens (tertiary/aromatic N) is 1. The number of benzene rings is 3. The minimum atomic E-state index is -0.138. The number of urea groups is 1. The quantitative estimate of drug-likeness (QED) is 0.450. The van der Waals surface area contributed by atoms with Crippen molar-refractivity contribution in [1.82, 2.24) is 5.32 Å². The van der Waals surface area contributed by atoms with Crippen LogP contribution in [0.3, 0.4) is 0 Å². The van der Waals surface area contributed by atoms with Gasteiger partial charge < -0.3 is 20.1 Å². The standard InChI is InChI=1S/C29H33N3O4/c1-3-36-26-16-13-22(18-27(26)35-2)20-30-28(33)19-21-11-14-24(15-12-21)31-29(34)32-17-7-6-9-23-8-4-5-10-25(23)32/h4-5,8,10-16,18H,3,6-7,9,17,19-20H2,1-2H3,(H,30,33)(H,31,34). The smallest absolute Gasteiger partial charge is 0.326 e. The molecule has 0 saturated carbocycles. The Balaban J connectivity index is 1.30. The van der Waals surface area contributed by atoms with E-state index in [0.29, 0.717) is 36.9 Å². The van der Waals surface area contributed by atoms with E-state index < -0.39 is 0 Å². The number of methoxy groups -OCH3 is 1. The zero-order valence-electron chi connectivity index (χ0n) is 20.9. The molecule has 36 heavy (non-hydrogen) atoms. The summed E-state index contributed by atoms with van der Waals surface area (Å²) in [5.74, 6) is 1.24. The van der Waals surface area contributed by atoms with Crippen molar-refractivity contribution >= 4 is 23.3 Å². The number of hydrogen-bond acceptors (Lipinski definition) is 4. The molecule has 0 unspecified atom stereocenters. The third kappa shape index (κ3) is 6.36. The first kappa shape index (κ1) is 25.1. The van der Waals surface area contributed by atoms with Crippen LogP contribution in [0.1, 0.15) is 36.5 Å². The summed E-state index contributed by atoms with van der Waals surface area (Å²) >= 11 is 0. The summed E-state index contributed by atoms with van der Waals surface area (Å²) in [5, 5.41) is 5.94. The first-order chi connectivity index (χ1) is 17.6. The summed E-state index contributed by atoms with van der Waals surface area (Å²) in [7, 11) is 1.60. The van der Waals surface area contributed by atoms with Gasteiger partial charge in [-0.05, 0) is 73.2 Å². The molecular weight excluding hydrogens is 454 g/mol. The third-order valence-corrected chi connectivity index (χ3v) is 6.19. The van der Waals surface area contributed by atoms with Crippen molar-refractivity contribution < 1.29 is 19.1 Å². The molecule has 0 bridgehead atoms. The molecule has 188 valence electrons. The van der Waals surface area contributed by atoms with Crippen molar-refractivity contribution in [2.24, 2.45) is 0 Å². The average molecular weight is 488 g/mol. The van der Waals surface area contributed by atoms with Gasteiger partial charge in [-0.15, -0.1) is 0 Å². The maximum absolute atomic E-state index is 13.0. The van der Waals surface area contributed by atoms with E-state index in [1.807, 2.05) is 72.5 Å². The van der Waals surface area contributed by atoms with E-state index in [1.165, 1.54) is 5.56 Å². The zero-order chi connectivity index (χ0) is 25.3. The summed E-state index contributed by atoms with van der Waals surface area (Å²) in [6, 6.07) is 21.0. The number of para-hydroxylation sites is 1. The van der Waals surface area contributed by atoms with Gasteiger partial charge >= 0.3 is 6.03 Å². The van der Waals surface area contributed by atoms with E-state index in [2.05, 4.69) is 16.7 Å². The van der Waals surface area contributed by atoms with E-state index >= 15 is 0 Å². The van der Waals surface area contributed by atoms with Gasteiger partial charge in [-0.25, -0.2) is 4.79 Å². The Labute approximate surface area is 212 Å². The van der Waals surface area contributed by atoms with Crippen LogP contribution in [0.15, 0.2) is 66.7 Å². The van der Waals surface area contributed by atoms with Crippen LogP contribution in [-0.2, 0) is 24.2 Å². The molecule has 4 rings (SSSR count). The number of carbonyl (C=O) groups excluding carboxylic acids is 2. The lowest BCUT2D eigenvalue weighted by molar-refractivity contribution is -0.120. The highest BCUT2D eigenvalue weighted by molar-refractivity contribution is 6.02. The Hall–Kier alpha value is -4.00. The summed E-state index contributed by atoms with van der Waals surface area (Å²) < 4.78 is 10.9. The van der Waals surface area contributed by atoms with Crippen molar-refractivity contribution in [2.45, 2.75) is 39.2 Å². The predicted octanol–water partition coefficient (Wildman–Crippen LogP) is 5.33. The molecule has 0 fully saturated rings. The lowest BCUT2D eigenvalue weighted by Crippen LogP contribution is -2.35. The van der Waals surface area contributed by atoms with Gasteiger partial charge in [0, 0.05) is 24.5 Å². The molecule has 0 aliphatic carbocycles. The molecule has 0 aromatic heterocycles. The first-order valence-electron chi connectivity index (χ1n) is 12.4. The van der Waals surface area contributed by atoms with E-state index in [4.69, 9.17) is 9.47 Å². The van der Waals surface area contributed by atoms with Crippen LogP contribution in [0.25, 0.3) is 0 Å². The normalized spacial score (nSPS) is 12.8. The predicted molar refractivity (Wildman–Crippen MR) is 142 cm³/mol. The Kier molecular flexibility index (Phi) is 8.44. The van der Waals surface area contributed by atoms with Gasteiger partial charge in [-0.2, -0.15) is 0 Å². The van der Waals surface area contributed by atoms with Gasteiger partial charge in [0.15, 0.2) is 11.5 Å². The van der Waals surface area contributed by atoms with E-state index in [9.17, 15) is 9.59 Å². The molecule has 0 radical (unpaired) electrons. The second-order valence-electron chi connectivity index (χ2n) is 8.74. The van der Waals surface area contributed by atoms with Gasteiger partial charge in [0.1, 0.15) is 0 Å². The molecular formula is C29H33N3O4. The van der Waals surface area contributed by atoms with E-state index in [-0.39, 0.29) is 18.4 Å². The van der Waals surface area contributed by atoms with Crippen LogP contribution in [0.4, 0.5) is 16.2 Å². The van der Waals surface area contributed by atoms with Crippen LogP contribution >= 0.6 is 0 Å². The largest absolute Gasteiger partial charge is 0.493 e. The van der Waals surface area contributed by atoms with Crippen molar-refractivity contribution in [3.05, 3.63) is 83.4 Å². The second-order valence-corrected chi connectivity index (χ2v) is 8.74. The molecule has 0 saturated heterocycles. The number of ether oxygens (including phenoxy) is 2.